The molecule has 2 aromatic carbocycles. The summed E-state index contributed by atoms with van der Waals surface area (Å²) in [5, 5.41) is 3.09. The maximum Gasteiger partial charge on any atom is 0.253 e. The summed E-state index contributed by atoms with van der Waals surface area (Å²) in [5.41, 5.74) is 2.99. The zero-order valence-corrected chi connectivity index (χ0v) is 18.1. The van der Waals surface area contributed by atoms with E-state index in [1.165, 1.54) is 0 Å². The van der Waals surface area contributed by atoms with Gasteiger partial charge in [-0.25, -0.2) is 4.98 Å². The Balaban J connectivity index is 1.21. The number of benzene rings is 2. The number of carbonyl (C=O) groups excluding carboxylic acids is 2. The number of nitrogens with one attached hydrogen (secondary N) is 1. The van der Waals surface area contributed by atoms with E-state index < -0.39 is 0 Å². The van der Waals surface area contributed by atoms with Gasteiger partial charge in [0.1, 0.15) is 5.52 Å². The van der Waals surface area contributed by atoms with Crippen molar-refractivity contribution >= 4 is 22.9 Å². The van der Waals surface area contributed by atoms with Gasteiger partial charge in [-0.2, -0.15) is 0 Å². The minimum absolute atomic E-state index is 0.0376. The first-order chi connectivity index (χ1) is 15.6. The Bertz CT molecular complexity index is 1080. The Morgan fingerprint density at radius 1 is 1.06 bits per heavy atom. The van der Waals surface area contributed by atoms with Crippen LogP contribution in [0.4, 0.5) is 0 Å². The summed E-state index contributed by atoms with van der Waals surface area (Å²) in [6.07, 6.45) is 3.21. The second-order valence-electron chi connectivity index (χ2n) is 8.71. The molecule has 1 N–H and O–H groups in total. The Labute approximate surface area is 186 Å². The van der Waals surface area contributed by atoms with Gasteiger partial charge in [-0.1, -0.05) is 12.1 Å². The number of rotatable bonds is 5. The highest BCUT2D eigenvalue weighted by Gasteiger charge is 2.35. The summed E-state index contributed by atoms with van der Waals surface area (Å²) in [6, 6.07) is 15.2. The van der Waals surface area contributed by atoms with Gasteiger partial charge < -0.3 is 19.4 Å². The highest BCUT2D eigenvalue weighted by molar-refractivity contribution is 5.95. The summed E-state index contributed by atoms with van der Waals surface area (Å²) >= 11 is 0. The first-order valence-corrected chi connectivity index (χ1v) is 11.2. The minimum Gasteiger partial charge on any atom is -0.436 e. The van der Waals surface area contributed by atoms with E-state index in [1.54, 1.807) is 4.90 Å². The molecule has 0 radical (unpaired) electrons. The maximum absolute atomic E-state index is 13.0. The highest BCUT2D eigenvalue weighted by Crippen LogP contribution is 2.30. The van der Waals surface area contributed by atoms with Gasteiger partial charge in [-0.15, -0.1) is 0 Å². The van der Waals surface area contributed by atoms with Crippen molar-refractivity contribution in [3.63, 3.8) is 0 Å². The summed E-state index contributed by atoms with van der Waals surface area (Å²) in [6.45, 7) is 1.31. The normalized spacial score (nSPS) is 22.8. The smallest absolute Gasteiger partial charge is 0.253 e. The predicted molar refractivity (Wildman–Crippen MR) is 120 cm³/mol. The van der Waals surface area contributed by atoms with Crippen LogP contribution < -0.4 is 5.32 Å². The lowest BCUT2D eigenvalue weighted by molar-refractivity contribution is -0.125. The number of hydrogen-bond donors (Lipinski definition) is 1. The standard InChI is InChI=1S/C25H27N3O4/c1-28(20-11-10-18(14-20)23(29)26-19-12-13-31-15-19)25(30)17-8-6-16(7-9-17)24-27-21-4-2-3-5-22(21)32-24/h2-9,18-20H,10-15H2,1H3,(H,26,29). The fourth-order valence-corrected chi connectivity index (χ4v) is 4.64. The number of carbonyl (C=O) groups is 2. The van der Waals surface area contributed by atoms with Crippen molar-refractivity contribution in [2.24, 2.45) is 5.92 Å². The summed E-state index contributed by atoms with van der Waals surface area (Å²) in [4.78, 5) is 31.9. The van der Waals surface area contributed by atoms with Crippen molar-refractivity contribution in [3.05, 3.63) is 54.1 Å². The molecule has 166 valence electrons. The zero-order valence-electron chi connectivity index (χ0n) is 18.1. The molecule has 1 aliphatic heterocycles. The molecule has 5 rings (SSSR count). The molecule has 7 heteroatoms. The molecule has 0 spiro atoms. The molecule has 0 bridgehead atoms. The van der Waals surface area contributed by atoms with Crippen LogP contribution in [0.25, 0.3) is 22.6 Å². The van der Waals surface area contributed by atoms with Crippen molar-refractivity contribution in [1.29, 1.82) is 0 Å². The van der Waals surface area contributed by atoms with Crippen LogP contribution in [0.2, 0.25) is 0 Å². The minimum atomic E-state index is -0.0441. The van der Waals surface area contributed by atoms with Gasteiger partial charge in [0.2, 0.25) is 11.8 Å². The van der Waals surface area contributed by atoms with E-state index >= 15 is 0 Å². The van der Waals surface area contributed by atoms with Crippen LogP contribution in [-0.2, 0) is 9.53 Å². The topological polar surface area (TPSA) is 84.7 Å². The molecule has 2 fully saturated rings. The summed E-state index contributed by atoms with van der Waals surface area (Å²) in [7, 11) is 1.83. The molecule has 3 unspecified atom stereocenters. The highest BCUT2D eigenvalue weighted by atomic mass is 16.5. The van der Waals surface area contributed by atoms with Crippen LogP contribution in [-0.4, -0.2) is 54.0 Å². The quantitative estimate of drug-likeness (QED) is 0.664. The molecule has 2 aliphatic rings. The van der Waals surface area contributed by atoms with Crippen LogP contribution in [0.15, 0.2) is 52.9 Å². The Morgan fingerprint density at radius 2 is 1.88 bits per heavy atom. The van der Waals surface area contributed by atoms with Crippen molar-refractivity contribution < 1.29 is 18.7 Å². The molecule has 1 aliphatic carbocycles. The average Bonchev–Trinajstić information content (AvgIpc) is 3.58. The molecule has 1 saturated carbocycles. The van der Waals surface area contributed by atoms with Gasteiger partial charge in [-0.3, -0.25) is 9.59 Å². The third-order valence-electron chi connectivity index (χ3n) is 6.59. The number of aromatic nitrogens is 1. The summed E-state index contributed by atoms with van der Waals surface area (Å²) in [5.74, 6) is 0.546. The number of fused-ring (bicyclic) bond motifs is 1. The van der Waals surface area contributed by atoms with E-state index in [1.807, 2.05) is 55.6 Å². The molecule has 1 aromatic heterocycles. The van der Waals surface area contributed by atoms with Crippen molar-refractivity contribution in [2.75, 3.05) is 20.3 Å². The largest absolute Gasteiger partial charge is 0.436 e. The fourth-order valence-electron chi connectivity index (χ4n) is 4.64. The molecule has 2 amide bonds. The lowest BCUT2D eigenvalue weighted by Crippen LogP contribution is -2.40. The molecule has 32 heavy (non-hydrogen) atoms. The summed E-state index contributed by atoms with van der Waals surface area (Å²) < 4.78 is 11.1. The van der Waals surface area contributed by atoms with E-state index in [2.05, 4.69) is 10.3 Å². The van der Waals surface area contributed by atoms with Crippen LogP contribution in [0, 0.1) is 5.92 Å². The van der Waals surface area contributed by atoms with E-state index in [0.29, 0.717) is 31.1 Å². The van der Waals surface area contributed by atoms with Crippen LogP contribution in [0.5, 0.6) is 0 Å². The van der Waals surface area contributed by atoms with Crippen molar-refractivity contribution in [2.45, 2.75) is 37.8 Å². The van der Waals surface area contributed by atoms with Gasteiger partial charge in [0.25, 0.3) is 5.91 Å². The van der Waals surface area contributed by atoms with E-state index in [9.17, 15) is 9.59 Å². The molecular weight excluding hydrogens is 406 g/mol. The van der Waals surface area contributed by atoms with Gasteiger partial charge in [0.05, 0.1) is 12.6 Å². The van der Waals surface area contributed by atoms with Crippen molar-refractivity contribution in [3.8, 4) is 11.5 Å². The molecule has 7 nitrogen and oxygen atoms in total. The van der Waals surface area contributed by atoms with Crippen LogP contribution >= 0.6 is 0 Å². The lowest BCUT2D eigenvalue weighted by Gasteiger charge is -2.25. The molecule has 3 atom stereocenters. The number of oxazole rings is 1. The number of ether oxygens (including phenoxy) is 1. The first kappa shape index (κ1) is 20.7. The Morgan fingerprint density at radius 3 is 2.62 bits per heavy atom. The number of para-hydroxylation sites is 2. The Hall–Kier alpha value is -3.19. The van der Waals surface area contributed by atoms with Crippen molar-refractivity contribution in [1.82, 2.24) is 15.2 Å². The Kier molecular flexibility index (Phi) is 5.66. The molecule has 3 aromatic rings. The van der Waals surface area contributed by atoms with E-state index in [0.717, 1.165) is 35.9 Å². The van der Waals surface area contributed by atoms with Gasteiger partial charge >= 0.3 is 0 Å². The van der Waals surface area contributed by atoms with E-state index in [4.69, 9.17) is 9.15 Å². The molecular formula is C25H27N3O4. The number of amides is 2. The zero-order chi connectivity index (χ0) is 22.1. The average molecular weight is 434 g/mol. The van der Waals surface area contributed by atoms with Gasteiger partial charge in [0.15, 0.2) is 5.58 Å². The van der Waals surface area contributed by atoms with E-state index in [-0.39, 0.29) is 29.8 Å². The predicted octanol–water partition coefficient (Wildman–Crippen LogP) is 3.64. The molecule has 2 heterocycles. The third kappa shape index (κ3) is 4.12. The monoisotopic (exact) mass is 433 g/mol. The second kappa shape index (κ2) is 8.74. The maximum atomic E-state index is 13.0. The third-order valence-corrected chi connectivity index (χ3v) is 6.59. The van der Waals surface area contributed by atoms with Crippen LogP contribution in [0.1, 0.15) is 36.0 Å². The lowest BCUT2D eigenvalue weighted by atomic mass is 10.1. The first-order valence-electron chi connectivity index (χ1n) is 11.2. The molecule has 1 saturated heterocycles. The second-order valence-corrected chi connectivity index (χ2v) is 8.71. The SMILES string of the molecule is CN(C(=O)c1ccc(-c2nc3ccccc3o2)cc1)C1CCC(C(=O)NC2CCOC2)C1. The fraction of sp³-hybridized carbons (Fsp3) is 0.400. The number of hydrogen-bond acceptors (Lipinski definition) is 5. The van der Waals surface area contributed by atoms with Gasteiger partial charge in [-0.05, 0) is 62.1 Å². The van der Waals surface area contributed by atoms with Gasteiger partial charge in [0, 0.05) is 36.7 Å². The van der Waals surface area contributed by atoms with Crippen LogP contribution in [0.3, 0.4) is 0 Å². The number of nitrogens with zero attached hydrogens (tertiary/aromatic N) is 2.